The van der Waals surface area contributed by atoms with Gasteiger partial charge in [-0.05, 0) is 33.1 Å². The number of cyclic esters (lactones) is 1. The first-order valence-electron chi connectivity index (χ1n) is 25.8. The van der Waals surface area contributed by atoms with Gasteiger partial charge in [0.1, 0.15) is 42.5 Å². The van der Waals surface area contributed by atoms with Crippen molar-refractivity contribution in [3.05, 3.63) is 85.1 Å². The molecule has 3 aliphatic heterocycles. The highest BCUT2D eigenvalue weighted by Gasteiger charge is 2.51. The number of nitrogens with two attached hydrogens (primary N) is 1. The van der Waals surface area contributed by atoms with Gasteiger partial charge in [0.15, 0.2) is 12.1 Å². The van der Waals surface area contributed by atoms with E-state index in [1.165, 1.54) is 13.0 Å². The zero-order chi connectivity index (χ0) is 58.2. The van der Waals surface area contributed by atoms with Gasteiger partial charge in [-0.1, -0.05) is 98.9 Å². The second-order valence-corrected chi connectivity index (χ2v) is 20.0. The fraction of sp³-hybridized carbons (Fsp3) is 0.698. The molecule has 0 aliphatic carbocycles. The van der Waals surface area contributed by atoms with Crippen LogP contribution in [0.25, 0.3) is 0 Å². The van der Waals surface area contributed by atoms with Gasteiger partial charge in [-0.2, -0.15) is 0 Å². The summed E-state index contributed by atoms with van der Waals surface area (Å²) in [5, 5.41) is 170. The highest BCUT2D eigenvalue weighted by atomic mass is 16.7. The van der Waals surface area contributed by atoms with Crippen molar-refractivity contribution < 1.29 is 115 Å². The quantitative estimate of drug-likeness (QED) is 0.109. The van der Waals surface area contributed by atoms with Crippen molar-refractivity contribution in [2.24, 2.45) is 23.5 Å². The molecule has 0 aromatic carbocycles. The number of carbonyl (C=O) groups excluding carboxylic acids is 1. The van der Waals surface area contributed by atoms with E-state index in [4.69, 9.17) is 55.3 Å². The summed E-state index contributed by atoms with van der Waals surface area (Å²) in [5.41, 5.74) is 6.02. The average Bonchev–Trinajstić information content (AvgIpc) is 3.36. The highest BCUT2D eigenvalue weighted by Crippen LogP contribution is 2.38. The molecular weight excluding hydrogens is 1020 g/mol. The third kappa shape index (κ3) is 24.3. The molecule has 2 saturated heterocycles. The lowest BCUT2D eigenvalue weighted by Gasteiger charge is -2.45. The summed E-state index contributed by atoms with van der Waals surface area (Å²) >= 11 is 0. The lowest BCUT2D eigenvalue weighted by Crippen LogP contribution is -2.61. The van der Waals surface area contributed by atoms with E-state index >= 15 is 0 Å². The molecule has 2 bridgehead atoms. The van der Waals surface area contributed by atoms with E-state index in [0.717, 1.165) is 0 Å². The van der Waals surface area contributed by atoms with Crippen LogP contribution in [0.15, 0.2) is 85.1 Å². The number of hydrogen-bond acceptors (Lipinski definition) is 23. The Morgan fingerprint density at radius 2 is 1.17 bits per heavy atom. The van der Waals surface area contributed by atoms with E-state index in [1.54, 1.807) is 80.7 Å². The first-order valence-corrected chi connectivity index (χ1v) is 25.8. The van der Waals surface area contributed by atoms with Gasteiger partial charge in [0.25, 0.3) is 0 Å². The fourth-order valence-electron chi connectivity index (χ4n) is 8.64. The molecule has 0 radical (unpaired) electrons. The normalized spacial score (nSPS) is 41.8. The van der Waals surface area contributed by atoms with Crippen LogP contribution in [0.3, 0.4) is 0 Å². The molecule has 19 N–H and O–H groups in total. The smallest absolute Gasteiger partial charge is 0.311 e. The maximum absolute atomic E-state index is 12.6. The van der Waals surface area contributed by atoms with Gasteiger partial charge >= 0.3 is 11.9 Å². The molecule has 24 nitrogen and oxygen atoms in total. The average molecular weight is 1110 g/mol. The van der Waals surface area contributed by atoms with Gasteiger partial charge in [0.2, 0.25) is 0 Å². The number of fused-ring (bicyclic) bond motifs is 2. The van der Waals surface area contributed by atoms with Crippen LogP contribution in [-0.2, 0) is 28.5 Å². The summed E-state index contributed by atoms with van der Waals surface area (Å²) in [5.74, 6) is -6.83. The number of aliphatic hydroxyl groups excluding tert-OH is 15. The number of ether oxygens (including phenoxy) is 4. The van der Waals surface area contributed by atoms with Gasteiger partial charge in [0, 0.05) is 37.5 Å². The van der Waals surface area contributed by atoms with Crippen molar-refractivity contribution in [1.82, 2.24) is 0 Å². The van der Waals surface area contributed by atoms with Gasteiger partial charge in [0.05, 0.1) is 92.8 Å². The standard InChI is InChI=1S/C47H73NO17.C6H14O6/c1-27-17-15-13-11-9-7-5-6-8-10-12-14-16-18-34(64-46-44(58)41(48)43(57)30(4)63-46)24-38-40(45(59)60)37(54)26-47(61,65-38)25-33(51)22-36(53)35(52)20-19-31(49)21-32(50)23-39(55)62-29(3)28(2)42(27)56;7-1-3(9)5(11)6(12)4(10)2-8/h5-18,27-38,40-44,46,49-54,56-58,61H,19-26,48H2,1-4H3,(H,59,60);3-12H,1-2H2/b6-5+,9-7+,10-8+,13-11+,14-12+,17-15+,18-16+;/t27-,28-,29-,30+,31+,32+,33-,34-,35+,36+,37-,38-,40+,41-,42+,43+,44-,46-,47+;3-,4+,5-,6-/m01/s1. The molecule has 0 aromatic heterocycles. The number of aliphatic carboxylic acids is 1. The molecule has 77 heavy (non-hydrogen) atoms. The highest BCUT2D eigenvalue weighted by molar-refractivity contribution is 5.71. The second-order valence-electron chi connectivity index (χ2n) is 20.0. The van der Waals surface area contributed by atoms with Crippen molar-refractivity contribution >= 4 is 11.9 Å². The Morgan fingerprint density at radius 3 is 1.69 bits per heavy atom. The molecule has 3 rings (SSSR count). The number of carboxylic acids is 1. The topological polar surface area (TPSA) is 441 Å². The molecule has 23 atom stereocenters. The molecule has 0 spiro atoms. The molecule has 3 heterocycles. The largest absolute Gasteiger partial charge is 0.481 e. The fourth-order valence-corrected chi connectivity index (χ4v) is 8.64. The first kappa shape index (κ1) is 69.4. The first-order chi connectivity index (χ1) is 36.2. The number of hydrogen-bond donors (Lipinski definition) is 18. The van der Waals surface area contributed by atoms with E-state index in [2.05, 4.69) is 0 Å². The molecular formula is C53H87NO23. The minimum absolute atomic E-state index is 0.107. The molecule has 0 unspecified atom stereocenters. The van der Waals surface area contributed by atoms with Crippen LogP contribution in [-0.4, -0.2) is 234 Å². The van der Waals surface area contributed by atoms with Crippen LogP contribution < -0.4 is 5.73 Å². The summed E-state index contributed by atoms with van der Waals surface area (Å²) in [6.45, 7) is 5.29. The zero-order valence-electron chi connectivity index (χ0n) is 44.0. The van der Waals surface area contributed by atoms with Gasteiger partial charge in [-0.15, -0.1) is 0 Å². The maximum atomic E-state index is 12.6. The molecule has 0 saturated carbocycles. The molecule has 0 amide bonds. The lowest BCUT2D eigenvalue weighted by molar-refractivity contribution is -0.308. The summed E-state index contributed by atoms with van der Waals surface area (Å²) in [6.07, 6.45) is -2.93. The SMILES string of the molecule is C[C@@H]1[C@H](O)[C@@H](C)/C=C/C=C/C=C/C=C/C=C/C=C/C=C/[C@H](O[C@@H]2O[C@H](C)[C@@H](O)[C@H](N)[C@@H]2O)C[C@@H]2O[C@](O)(C[C@@H](O)C[C@@H](O)[C@H](O)CC[C@@H](O)C[C@@H](O)CC(=O)O[C@H]1C)C[C@H](O)[C@H]2C(=O)O.OC[C@@H](O)[C@@H](O)[C@H](O)[C@@H](O)CO. The number of aliphatic hydroxyl groups is 16. The number of rotatable bonds is 8. The van der Waals surface area contributed by atoms with Crippen molar-refractivity contribution in [1.29, 1.82) is 0 Å². The zero-order valence-corrected chi connectivity index (χ0v) is 44.0. The minimum Gasteiger partial charge on any atom is -0.481 e. The van der Waals surface area contributed by atoms with Gasteiger partial charge < -0.3 is 111 Å². The van der Waals surface area contributed by atoms with E-state index < -0.39 is 185 Å². The van der Waals surface area contributed by atoms with Crippen molar-refractivity contribution in [3.63, 3.8) is 0 Å². The van der Waals surface area contributed by atoms with Crippen LogP contribution in [0.1, 0.15) is 79.1 Å². The number of carboxylic acid groups (broad SMARTS) is 1. The number of esters is 1. The Hall–Kier alpha value is -3.68. The molecule has 3 aliphatic rings. The van der Waals surface area contributed by atoms with E-state index in [1.807, 2.05) is 19.1 Å². The third-order valence-electron chi connectivity index (χ3n) is 13.5. The van der Waals surface area contributed by atoms with Crippen molar-refractivity contribution in [2.45, 2.75) is 201 Å². The molecule has 442 valence electrons. The summed E-state index contributed by atoms with van der Waals surface area (Å²) < 4.78 is 23.1. The van der Waals surface area contributed by atoms with Crippen LogP contribution in [0, 0.1) is 17.8 Å². The molecule has 24 heteroatoms. The Balaban J connectivity index is 0.00000150. The summed E-state index contributed by atoms with van der Waals surface area (Å²) in [4.78, 5) is 25.1. The van der Waals surface area contributed by atoms with Crippen molar-refractivity contribution in [2.75, 3.05) is 13.2 Å². The third-order valence-corrected chi connectivity index (χ3v) is 13.5. The van der Waals surface area contributed by atoms with E-state index in [9.17, 15) is 65.8 Å². The monoisotopic (exact) mass is 1110 g/mol. The summed E-state index contributed by atoms with van der Waals surface area (Å²) in [7, 11) is 0. The van der Waals surface area contributed by atoms with Crippen molar-refractivity contribution in [3.8, 4) is 0 Å². The maximum Gasteiger partial charge on any atom is 0.311 e. The van der Waals surface area contributed by atoms with Crippen LogP contribution in [0.5, 0.6) is 0 Å². The number of carbonyl (C=O) groups is 2. The van der Waals surface area contributed by atoms with Crippen LogP contribution >= 0.6 is 0 Å². The summed E-state index contributed by atoms with van der Waals surface area (Å²) in [6, 6.07) is -1.15. The Bertz CT molecular complexity index is 1900. The predicted octanol–water partition coefficient (Wildman–Crippen LogP) is -2.87. The van der Waals surface area contributed by atoms with Crippen LogP contribution in [0.2, 0.25) is 0 Å². The Kier molecular flexibility index (Phi) is 31.7. The predicted molar refractivity (Wildman–Crippen MR) is 275 cm³/mol. The second kappa shape index (κ2) is 35.1. The number of allylic oxidation sites excluding steroid dienone is 12. The van der Waals surface area contributed by atoms with Gasteiger partial charge in [-0.25, -0.2) is 0 Å². The minimum atomic E-state index is -2.33. The molecule has 2 fully saturated rings. The van der Waals surface area contributed by atoms with Gasteiger partial charge in [-0.3, -0.25) is 9.59 Å². The van der Waals surface area contributed by atoms with E-state index in [-0.39, 0.29) is 31.6 Å². The van der Waals surface area contributed by atoms with E-state index in [0.29, 0.717) is 0 Å². The Labute approximate surface area is 448 Å². The lowest BCUT2D eigenvalue weighted by atomic mass is 9.82. The molecule has 0 aromatic rings. The Morgan fingerprint density at radius 1 is 0.649 bits per heavy atom. The van der Waals surface area contributed by atoms with Crippen LogP contribution in [0.4, 0.5) is 0 Å².